The summed E-state index contributed by atoms with van der Waals surface area (Å²) >= 11 is 0. The molecule has 0 saturated carbocycles. The Morgan fingerprint density at radius 2 is 1.79 bits per heavy atom. The van der Waals surface area contributed by atoms with E-state index in [0.717, 1.165) is 6.29 Å². The summed E-state index contributed by atoms with van der Waals surface area (Å²) in [7, 11) is 0. The van der Waals surface area contributed by atoms with Crippen LogP contribution in [0.2, 0.25) is 0 Å². The summed E-state index contributed by atoms with van der Waals surface area (Å²) in [5.41, 5.74) is 0.959. The number of hydrogen-bond acceptors (Lipinski definition) is 4. The Morgan fingerprint density at radius 1 is 1.16 bits per heavy atom. The number of hydrogen-bond donors (Lipinski definition) is 1. The molecule has 0 amide bonds. The maximum atomic E-state index is 10.7. The van der Waals surface area contributed by atoms with Crippen molar-refractivity contribution in [3.05, 3.63) is 47.6 Å². The Morgan fingerprint density at radius 3 is 2.21 bits per heavy atom. The van der Waals surface area contributed by atoms with Crippen molar-refractivity contribution in [2.24, 2.45) is 10.2 Å². The smallest absolute Gasteiger partial charge is 0.335 e. The zero-order chi connectivity index (χ0) is 13.7. The molecule has 0 bridgehead atoms. The highest BCUT2D eigenvalue weighted by Crippen LogP contribution is 2.17. The molecule has 0 aliphatic heterocycles. The van der Waals surface area contributed by atoms with Crippen LogP contribution >= 0.6 is 0 Å². The van der Waals surface area contributed by atoms with Crippen LogP contribution in [-0.2, 0) is 9.59 Å². The highest BCUT2D eigenvalue weighted by molar-refractivity contribution is 5.90. The molecule has 2 atom stereocenters. The molecule has 0 radical (unpaired) electrons. The quantitative estimate of drug-likeness (QED) is 0.620. The zero-order valence-corrected chi connectivity index (χ0v) is 10.3. The summed E-state index contributed by atoms with van der Waals surface area (Å²) in [6.07, 6.45) is 12.4. The molecule has 0 aromatic rings. The molecule has 1 N–H and O–H groups in total. The van der Waals surface area contributed by atoms with Gasteiger partial charge in [0.2, 0.25) is 0 Å². The van der Waals surface area contributed by atoms with Crippen molar-refractivity contribution >= 4 is 12.3 Å². The van der Waals surface area contributed by atoms with E-state index in [1.807, 2.05) is 12.2 Å². The minimum Gasteiger partial charge on any atom is -0.478 e. The Bertz CT molecular complexity index is 527. The number of carboxylic acids is 1. The number of carbonyl (C=O) groups is 2. The van der Waals surface area contributed by atoms with E-state index >= 15 is 0 Å². The molecule has 2 aliphatic carbocycles. The third-order valence-corrected chi connectivity index (χ3v) is 2.93. The molecule has 19 heavy (non-hydrogen) atoms. The normalized spacial score (nSPS) is 26.1. The molecule has 2 unspecified atom stereocenters. The summed E-state index contributed by atoms with van der Waals surface area (Å²) in [5, 5.41) is 17.2. The lowest BCUT2D eigenvalue weighted by Crippen LogP contribution is -2.09. The lowest BCUT2D eigenvalue weighted by molar-refractivity contribution is -0.132. The van der Waals surface area contributed by atoms with Crippen LogP contribution in [0, 0.1) is 0 Å². The fourth-order valence-electron chi connectivity index (χ4n) is 1.82. The number of carboxylic acid groups (broad SMARTS) is 1. The van der Waals surface area contributed by atoms with Crippen molar-refractivity contribution in [1.82, 2.24) is 0 Å². The van der Waals surface area contributed by atoms with Gasteiger partial charge in [-0.05, 0) is 18.9 Å². The van der Waals surface area contributed by atoms with Crippen molar-refractivity contribution in [2.75, 3.05) is 0 Å². The van der Waals surface area contributed by atoms with Gasteiger partial charge in [0, 0.05) is 5.57 Å². The minimum absolute atomic E-state index is 0.0399. The van der Waals surface area contributed by atoms with Crippen molar-refractivity contribution in [1.29, 1.82) is 0 Å². The van der Waals surface area contributed by atoms with Gasteiger partial charge in [-0.2, -0.15) is 10.2 Å². The highest BCUT2D eigenvalue weighted by Gasteiger charge is 2.13. The third-order valence-electron chi connectivity index (χ3n) is 2.93. The Labute approximate surface area is 110 Å². The second kappa shape index (κ2) is 6.04. The molecule has 0 aromatic carbocycles. The van der Waals surface area contributed by atoms with Crippen LogP contribution in [-0.4, -0.2) is 29.4 Å². The molecule has 5 nitrogen and oxygen atoms in total. The molecule has 0 heterocycles. The predicted molar refractivity (Wildman–Crippen MR) is 69.8 cm³/mol. The average Bonchev–Trinajstić information content (AvgIpc) is 2.46. The molecule has 0 fully saturated rings. The Balaban J connectivity index is 1.88. The maximum absolute atomic E-state index is 10.7. The van der Waals surface area contributed by atoms with E-state index in [0.29, 0.717) is 24.0 Å². The summed E-state index contributed by atoms with van der Waals surface area (Å²) in [5.74, 6) is -0.923. The van der Waals surface area contributed by atoms with Gasteiger partial charge >= 0.3 is 5.97 Å². The second-order valence-corrected chi connectivity index (χ2v) is 4.34. The zero-order valence-electron chi connectivity index (χ0n) is 10.3. The van der Waals surface area contributed by atoms with E-state index in [-0.39, 0.29) is 12.1 Å². The van der Waals surface area contributed by atoms with Crippen molar-refractivity contribution in [3.63, 3.8) is 0 Å². The summed E-state index contributed by atoms with van der Waals surface area (Å²) in [4.78, 5) is 21.2. The fraction of sp³-hybridized carbons (Fsp3) is 0.286. The summed E-state index contributed by atoms with van der Waals surface area (Å²) < 4.78 is 0. The molecule has 0 spiro atoms. The monoisotopic (exact) mass is 258 g/mol. The fourth-order valence-corrected chi connectivity index (χ4v) is 1.82. The second-order valence-electron chi connectivity index (χ2n) is 4.34. The van der Waals surface area contributed by atoms with E-state index in [9.17, 15) is 9.59 Å². The lowest BCUT2D eigenvalue weighted by atomic mass is 10.0. The van der Waals surface area contributed by atoms with Crippen LogP contribution in [0.15, 0.2) is 57.8 Å². The van der Waals surface area contributed by atoms with Crippen LogP contribution in [0.3, 0.4) is 0 Å². The van der Waals surface area contributed by atoms with Gasteiger partial charge in [0.05, 0.1) is 17.7 Å². The molecule has 5 heteroatoms. The number of azo groups is 1. The van der Waals surface area contributed by atoms with Crippen LogP contribution in [0.5, 0.6) is 0 Å². The van der Waals surface area contributed by atoms with Gasteiger partial charge in [0.1, 0.15) is 6.29 Å². The van der Waals surface area contributed by atoms with E-state index in [1.54, 1.807) is 24.3 Å². The maximum Gasteiger partial charge on any atom is 0.335 e. The molecular weight excluding hydrogens is 244 g/mol. The van der Waals surface area contributed by atoms with Crippen LogP contribution in [0.25, 0.3) is 0 Å². The SMILES string of the molecule is O=CC1=CCC(N=NC2C=CC(C(=O)O)=CC2)C=C1. The topological polar surface area (TPSA) is 79.1 Å². The Kier molecular flexibility index (Phi) is 4.18. The summed E-state index contributed by atoms with van der Waals surface area (Å²) in [6, 6.07) is -0.144. The van der Waals surface area contributed by atoms with Crippen molar-refractivity contribution in [3.8, 4) is 0 Å². The van der Waals surface area contributed by atoms with Gasteiger partial charge < -0.3 is 5.11 Å². The van der Waals surface area contributed by atoms with Crippen LogP contribution < -0.4 is 0 Å². The van der Waals surface area contributed by atoms with Crippen molar-refractivity contribution in [2.45, 2.75) is 24.9 Å². The number of carbonyl (C=O) groups excluding carboxylic acids is 1. The number of allylic oxidation sites excluding steroid dienone is 2. The van der Waals surface area contributed by atoms with E-state index in [1.165, 1.54) is 0 Å². The lowest BCUT2D eigenvalue weighted by Gasteiger charge is -2.12. The first-order chi connectivity index (χ1) is 9.19. The molecule has 0 saturated heterocycles. The first-order valence-electron chi connectivity index (χ1n) is 6.04. The number of aliphatic carboxylic acids is 1. The van der Waals surface area contributed by atoms with Gasteiger partial charge in [-0.1, -0.05) is 30.4 Å². The van der Waals surface area contributed by atoms with E-state index in [4.69, 9.17) is 5.11 Å². The highest BCUT2D eigenvalue weighted by atomic mass is 16.4. The van der Waals surface area contributed by atoms with Gasteiger partial charge in [-0.25, -0.2) is 4.79 Å². The molecule has 2 rings (SSSR count). The number of nitrogens with zero attached hydrogens (tertiary/aromatic N) is 2. The average molecular weight is 258 g/mol. The van der Waals surface area contributed by atoms with Gasteiger partial charge in [0.15, 0.2) is 0 Å². The van der Waals surface area contributed by atoms with Crippen LogP contribution in [0.4, 0.5) is 0 Å². The predicted octanol–water partition coefficient (Wildman–Crippen LogP) is 2.23. The Hall–Kier alpha value is -2.30. The largest absolute Gasteiger partial charge is 0.478 e. The van der Waals surface area contributed by atoms with Gasteiger partial charge in [0.25, 0.3) is 0 Å². The molecule has 98 valence electrons. The number of aldehydes is 1. The van der Waals surface area contributed by atoms with E-state index < -0.39 is 5.97 Å². The molecular formula is C14H14N2O3. The van der Waals surface area contributed by atoms with Crippen molar-refractivity contribution < 1.29 is 14.7 Å². The standard InChI is InChI=1S/C14H14N2O3/c17-9-10-1-5-12(6-2-10)15-16-13-7-3-11(4-8-13)14(18)19/h1-5,7,9,12-13H,6,8H2,(H,18,19). The molecule has 0 aromatic heterocycles. The molecule has 2 aliphatic rings. The van der Waals surface area contributed by atoms with Crippen LogP contribution in [0.1, 0.15) is 12.8 Å². The number of rotatable bonds is 4. The minimum atomic E-state index is -0.923. The van der Waals surface area contributed by atoms with Gasteiger partial charge in [-0.15, -0.1) is 0 Å². The summed E-state index contributed by atoms with van der Waals surface area (Å²) in [6.45, 7) is 0. The van der Waals surface area contributed by atoms with E-state index in [2.05, 4.69) is 10.2 Å². The first kappa shape index (κ1) is 13.1. The third kappa shape index (κ3) is 3.58. The first-order valence-corrected chi connectivity index (χ1v) is 6.04. The van der Waals surface area contributed by atoms with Gasteiger partial charge in [-0.3, -0.25) is 4.79 Å².